The highest BCUT2D eigenvalue weighted by atomic mass is 16.6. The van der Waals surface area contributed by atoms with Crippen LogP contribution >= 0.6 is 0 Å². The molecule has 2 heterocycles. The molecule has 1 aliphatic heterocycles. The van der Waals surface area contributed by atoms with Crippen molar-refractivity contribution in [1.29, 1.82) is 0 Å². The van der Waals surface area contributed by atoms with Crippen molar-refractivity contribution in [2.45, 2.75) is 30.7 Å². The maximum atomic E-state index is 9.90. The summed E-state index contributed by atoms with van der Waals surface area (Å²) in [5, 5.41) is 38.4. The maximum absolute atomic E-state index is 9.90. The van der Waals surface area contributed by atoms with E-state index in [4.69, 9.17) is 10.5 Å². The average Bonchev–Trinajstić information content (AvgIpc) is 2.39. The lowest BCUT2D eigenvalue weighted by Gasteiger charge is -2.37. The zero-order chi connectivity index (χ0) is 15.0. The summed E-state index contributed by atoms with van der Waals surface area (Å²) >= 11 is 0. The second-order valence-electron chi connectivity index (χ2n) is 4.67. The molecule has 0 aromatic carbocycles. The first-order valence-corrected chi connectivity index (χ1v) is 5.87. The zero-order valence-corrected chi connectivity index (χ0v) is 11.0. The number of hydrogen-bond donors (Lipinski definition) is 5. The molecule has 112 valence electrons. The van der Waals surface area contributed by atoms with Gasteiger partial charge in [-0.25, -0.2) is 0 Å². The average molecular weight is 287 g/mol. The smallest absolute Gasteiger partial charge is 0.229 e. The van der Waals surface area contributed by atoms with Gasteiger partial charge in [0.05, 0.1) is 0 Å². The van der Waals surface area contributed by atoms with Crippen molar-refractivity contribution in [3.63, 3.8) is 0 Å². The van der Waals surface area contributed by atoms with Gasteiger partial charge in [0.15, 0.2) is 12.1 Å². The standard InChI is InChI=1S/C10H17N5O5/c1-15(2)10-13-7(12-9(11)14-10)6-4(17)3(16)5(18)8(19)20-6/h3-6,8,16-19H,1-2H3,(H2,11,12,13,14)/t3-,4+,5+,6-,8?/m0/s1. The Balaban J connectivity index is 2.35. The highest BCUT2D eigenvalue weighted by Gasteiger charge is 2.45. The van der Waals surface area contributed by atoms with Gasteiger partial charge in [-0.2, -0.15) is 15.0 Å². The molecule has 0 bridgehead atoms. The number of rotatable bonds is 2. The monoisotopic (exact) mass is 287 g/mol. The number of nitrogen functional groups attached to an aromatic ring is 1. The summed E-state index contributed by atoms with van der Waals surface area (Å²) in [6, 6.07) is 0. The molecule has 6 N–H and O–H groups in total. The zero-order valence-electron chi connectivity index (χ0n) is 11.0. The summed E-state index contributed by atoms with van der Waals surface area (Å²) in [7, 11) is 3.37. The van der Waals surface area contributed by atoms with E-state index < -0.39 is 30.7 Å². The fourth-order valence-corrected chi connectivity index (χ4v) is 1.80. The lowest BCUT2D eigenvalue weighted by Crippen LogP contribution is -2.54. The highest BCUT2D eigenvalue weighted by Crippen LogP contribution is 2.30. The van der Waals surface area contributed by atoms with Gasteiger partial charge in [-0.05, 0) is 0 Å². The van der Waals surface area contributed by atoms with Crippen LogP contribution in [0.15, 0.2) is 0 Å². The molecular formula is C10H17N5O5. The summed E-state index contributed by atoms with van der Waals surface area (Å²) in [4.78, 5) is 13.3. The third-order valence-corrected chi connectivity index (χ3v) is 2.90. The first-order valence-electron chi connectivity index (χ1n) is 5.87. The number of hydrogen-bond acceptors (Lipinski definition) is 10. The fraction of sp³-hybridized carbons (Fsp3) is 0.700. The molecule has 0 amide bonds. The highest BCUT2D eigenvalue weighted by molar-refractivity contribution is 5.33. The van der Waals surface area contributed by atoms with Crippen LogP contribution in [0.1, 0.15) is 11.9 Å². The molecule has 1 aliphatic rings. The van der Waals surface area contributed by atoms with Gasteiger partial charge in [-0.3, -0.25) is 0 Å². The van der Waals surface area contributed by atoms with E-state index in [1.54, 1.807) is 19.0 Å². The molecule has 1 aromatic rings. The van der Waals surface area contributed by atoms with Crippen molar-refractivity contribution in [3.8, 4) is 0 Å². The predicted molar refractivity (Wildman–Crippen MR) is 66.4 cm³/mol. The van der Waals surface area contributed by atoms with Crippen molar-refractivity contribution >= 4 is 11.9 Å². The maximum Gasteiger partial charge on any atom is 0.229 e. The van der Waals surface area contributed by atoms with Crippen LogP contribution in [0.4, 0.5) is 11.9 Å². The predicted octanol–water partition coefficient (Wildman–Crippen LogP) is -3.01. The minimum absolute atomic E-state index is 0.0429. The minimum Gasteiger partial charge on any atom is -0.387 e. The molecule has 20 heavy (non-hydrogen) atoms. The lowest BCUT2D eigenvalue weighted by molar-refractivity contribution is -0.285. The number of nitrogens with zero attached hydrogens (tertiary/aromatic N) is 4. The van der Waals surface area contributed by atoms with Crippen molar-refractivity contribution in [2.75, 3.05) is 24.7 Å². The largest absolute Gasteiger partial charge is 0.387 e. The molecular weight excluding hydrogens is 270 g/mol. The van der Waals surface area contributed by atoms with Crippen molar-refractivity contribution in [2.24, 2.45) is 0 Å². The normalized spacial score (nSPS) is 34.0. The van der Waals surface area contributed by atoms with Crippen LogP contribution < -0.4 is 10.6 Å². The summed E-state index contributed by atoms with van der Waals surface area (Å²) in [6.07, 6.45) is -7.62. The summed E-state index contributed by atoms with van der Waals surface area (Å²) < 4.78 is 5.03. The van der Waals surface area contributed by atoms with Crippen LogP contribution in [0.5, 0.6) is 0 Å². The van der Waals surface area contributed by atoms with Gasteiger partial charge in [-0.15, -0.1) is 0 Å². The Kier molecular flexibility index (Phi) is 4.01. The van der Waals surface area contributed by atoms with Crippen LogP contribution in [-0.4, -0.2) is 74.1 Å². The van der Waals surface area contributed by atoms with E-state index in [9.17, 15) is 20.4 Å². The second kappa shape index (κ2) is 5.42. The number of aliphatic hydroxyl groups is 4. The molecule has 0 aliphatic carbocycles. The molecule has 0 spiro atoms. The Morgan fingerprint density at radius 1 is 1.00 bits per heavy atom. The Hall–Kier alpha value is -1.59. The van der Waals surface area contributed by atoms with Gasteiger partial charge < -0.3 is 35.8 Å². The lowest BCUT2D eigenvalue weighted by atomic mass is 9.98. The van der Waals surface area contributed by atoms with E-state index in [2.05, 4.69) is 15.0 Å². The summed E-state index contributed by atoms with van der Waals surface area (Å²) in [5.74, 6) is 0.0988. The number of aliphatic hydroxyl groups excluding tert-OH is 4. The van der Waals surface area contributed by atoms with E-state index in [0.717, 1.165) is 0 Å². The van der Waals surface area contributed by atoms with E-state index in [-0.39, 0.29) is 17.7 Å². The van der Waals surface area contributed by atoms with Gasteiger partial charge in [0.2, 0.25) is 11.9 Å². The van der Waals surface area contributed by atoms with E-state index in [1.807, 2.05) is 0 Å². The van der Waals surface area contributed by atoms with Crippen molar-refractivity contribution in [1.82, 2.24) is 15.0 Å². The molecule has 5 atom stereocenters. The van der Waals surface area contributed by atoms with Gasteiger partial charge in [0, 0.05) is 14.1 Å². The van der Waals surface area contributed by atoms with E-state index in [0.29, 0.717) is 0 Å². The molecule has 10 heteroatoms. The molecule has 1 saturated heterocycles. The fourth-order valence-electron chi connectivity index (χ4n) is 1.80. The van der Waals surface area contributed by atoms with Crippen LogP contribution in [0.3, 0.4) is 0 Å². The van der Waals surface area contributed by atoms with Crippen LogP contribution in [0, 0.1) is 0 Å². The van der Waals surface area contributed by atoms with Gasteiger partial charge in [-0.1, -0.05) is 0 Å². The Morgan fingerprint density at radius 3 is 2.25 bits per heavy atom. The van der Waals surface area contributed by atoms with Crippen molar-refractivity contribution in [3.05, 3.63) is 5.82 Å². The van der Waals surface area contributed by atoms with Gasteiger partial charge >= 0.3 is 0 Å². The molecule has 0 saturated carbocycles. The molecule has 0 radical (unpaired) electrons. The summed E-state index contributed by atoms with van der Waals surface area (Å²) in [5.41, 5.74) is 5.55. The Labute approximate surface area is 114 Å². The first-order chi connectivity index (χ1) is 9.31. The van der Waals surface area contributed by atoms with Gasteiger partial charge in [0.25, 0.3) is 0 Å². The Morgan fingerprint density at radius 2 is 1.65 bits per heavy atom. The molecule has 1 fully saturated rings. The van der Waals surface area contributed by atoms with Gasteiger partial charge in [0.1, 0.15) is 24.4 Å². The Bertz CT molecular complexity index is 487. The number of ether oxygens (including phenoxy) is 1. The summed E-state index contributed by atoms with van der Waals surface area (Å²) in [6.45, 7) is 0. The molecule has 1 aromatic heterocycles. The second-order valence-corrected chi connectivity index (χ2v) is 4.67. The van der Waals surface area contributed by atoms with Crippen LogP contribution in [-0.2, 0) is 4.74 Å². The SMILES string of the molecule is CN(C)c1nc(N)nc([C@H]2OC(O)[C@H](O)[C@@H](O)[C@H]2O)n1. The third kappa shape index (κ3) is 2.64. The molecule has 10 nitrogen and oxygen atoms in total. The van der Waals surface area contributed by atoms with Crippen LogP contribution in [0.2, 0.25) is 0 Å². The minimum atomic E-state index is -1.67. The quantitative estimate of drug-likeness (QED) is 0.379. The molecule has 1 unspecified atom stereocenters. The third-order valence-electron chi connectivity index (χ3n) is 2.90. The molecule has 2 rings (SSSR count). The topological polar surface area (TPSA) is 158 Å². The number of nitrogens with two attached hydrogens (primary N) is 1. The number of aromatic nitrogens is 3. The van der Waals surface area contributed by atoms with E-state index >= 15 is 0 Å². The number of anilines is 2. The van der Waals surface area contributed by atoms with E-state index in [1.165, 1.54) is 0 Å². The van der Waals surface area contributed by atoms with Crippen LogP contribution in [0.25, 0.3) is 0 Å². The van der Waals surface area contributed by atoms with Crippen molar-refractivity contribution < 1.29 is 25.2 Å². The first kappa shape index (κ1) is 14.8.